The molecule has 1 aromatic rings. The fourth-order valence-corrected chi connectivity index (χ4v) is 2.73. The second kappa shape index (κ2) is 5.72. The number of nitrogens with zero attached hydrogens (tertiary/aromatic N) is 2. The first-order valence-corrected chi connectivity index (χ1v) is 6.88. The molecular weight excluding hydrogens is 222 g/mol. The van der Waals surface area contributed by atoms with Gasteiger partial charge in [-0.05, 0) is 51.6 Å². The molecule has 1 aliphatic rings. The van der Waals surface area contributed by atoms with E-state index in [9.17, 15) is 0 Å². The van der Waals surface area contributed by atoms with Gasteiger partial charge in [0, 0.05) is 30.9 Å². The fourth-order valence-electron chi connectivity index (χ4n) is 2.73. The van der Waals surface area contributed by atoms with Gasteiger partial charge in [-0.3, -0.25) is 0 Å². The number of benzene rings is 1. The van der Waals surface area contributed by atoms with Crippen LogP contribution in [0.1, 0.15) is 31.9 Å². The molecule has 1 aromatic carbocycles. The van der Waals surface area contributed by atoms with Crippen LogP contribution in [0.15, 0.2) is 24.3 Å². The second-order valence-electron chi connectivity index (χ2n) is 5.54. The molecule has 2 rings (SSSR count). The molecule has 0 amide bonds. The summed E-state index contributed by atoms with van der Waals surface area (Å²) in [6.45, 7) is 7.80. The third-order valence-electron chi connectivity index (χ3n) is 3.80. The summed E-state index contributed by atoms with van der Waals surface area (Å²) in [6.07, 6.45) is 1.23. The van der Waals surface area contributed by atoms with E-state index in [0.717, 1.165) is 13.1 Å². The highest BCUT2D eigenvalue weighted by molar-refractivity contribution is 5.49. The molecule has 2 N–H and O–H groups in total. The SMILES string of the molecule is CC1CN(C)CCCN1c1ccc([C@H](C)N)cc1. The van der Waals surface area contributed by atoms with Gasteiger partial charge in [0.25, 0.3) is 0 Å². The van der Waals surface area contributed by atoms with Gasteiger partial charge in [-0.1, -0.05) is 12.1 Å². The van der Waals surface area contributed by atoms with Crippen LogP contribution in [0.4, 0.5) is 5.69 Å². The Morgan fingerprint density at radius 1 is 1.22 bits per heavy atom. The number of hydrogen-bond acceptors (Lipinski definition) is 3. The van der Waals surface area contributed by atoms with Gasteiger partial charge in [-0.2, -0.15) is 0 Å². The molecule has 3 heteroatoms. The van der Waals surface area contributed by atoms with Crippen molar-refractivity contribution in [2.24, 2.45) is 5.73 Å². The van der Waals surface area contributed by atoms with Crippen LogP contribution >= 0.6 is 0 Å². The molecule has 0 radical (unpaired) electrons. The van der Waals surface area contributed by atoms with Gasteiger partial charge in [-0.15, -0.1) is 0 Å². The molecule has 0 spiro atoms. The van der Waals surface area contributed by atoms with Crippen LogP contribution in [-0.4, -0.2) is 37.6 Å². The lowest BCUT2D eigenvalue weighted by molar-refractivity contribution is 0.337. The van der Waals surface area contributed by atoms with Gasteiger partial charge < -0.3 is 15.5 Å². The Kier molecular flexibility index (Phi) is 4.25. The van der Waals surface area contributed by atoms with Crippen molar-refractivity contribution in [2.75, 3.05) is 31.6 Å². The molecule has 0 aromatic heterocycles. The van der Waals surface area contributed by atoms with E-state index in [2.05, 4.69) is 48.0 Å². The molecule has 1 aliphatic heterocycles. The Morgan fingerprint density at radius 2 is 1.89 bits per heavy atom. The summed E-state index contributed by atoms with van der Waals surface area (Å²) in [5.74, 6) is 0. The zero-order valence-electron chi connectivity index (χ0n) is 11.8. The summed E-state index contributed by atoms with van der Waals surface area (Å²) in [5, 5.41) is 0. The highest BCUT2D eigenvalue weighted by atomic mass is 15.2. The lowest BCUT2D eigenvalue weighted by Gasteiger charge is -2.30. The quantitative estimate of drug-likeness (QED) is 0.870. The molecular formula is C15H25N3. The monoisotopic (exact) mass is 247 g/mol. The maximum atomic E-state index is 5.89. The van der Waals surface area contributed by atoms with Gasteiger partial charge >= 0.3 is 0 Å². The molecule has 1 saturated heterocycles. The van der Waals surface area contributed by atoms with Crippen LogP contribution in [0.3, 0.4) is 0 Å². The lowest BCUT2D eigenvalue weighted by Crippen LogP contribution is -2.37. The second-order valence-corrected chi connectivity index (χ2v) is 5.54. The normalized spacial score (nSPS) is 23.8. The van der Waals surface area contributed by atoms with Crippen LogP contribution in [0.25, 0.3) is 0 Å². The minimum absolute atomic E-state index is 0.117. The van der Waals surface area contributed by atoms with E-state index in [1.54, 1.807) is 0 Å². The van der Waals surface area contributed by atoms with Gasteiger partial charge in [0.2, 0.25) is 0 Å². The van der Waals surface area contributed by atoms with Crippen molar-refractivity contribution in [1.82, 2.24) is 4.90 Å². The number of hydrogen-bond donors (Lipinski definition) is 1. The highest BCUT2D eigenvalue weighted by Gasteiger charge is 2.19. The van der Waals surface area contributed by atoms with E-state index in [1.807, 2.05) is 6.92 Å². The summed E-state index contributed by atoms with van der Waals surface area (Å²) in [5.41, 5.74) is 8.42. The molecule has 2 atom stereocenters. The summed E-state index contributed by atoms with van der Waals surface area (Å²) in [4.78, 5) is 4.93. The minimum atomic E-state index is 0.117. The molecule has 0 bridgehead atoms. The first kappa shape index (κ1) is 13.4. The fraction of sp³-hybridized carbons (Fsp3) is 0.600. The van der Waals surface area contributed by atoms with Crippen LogP contribution < -0.4 is 10.6 Å². The molecule has 18 heavy (non-hydrogen) atoms. The molecule has 1 unspecified atom stereocenters. The van der Waals surface area contributed by atoms with Crippen LogP contribution in [0.5, 0.6) is 0 Å². The maximum absolute atomic E-state index is 5.89. The maximum Gasteiger partial charge on any atom is 0.0388 e. The van der Waals surface area contributed by atoms with E-state index in [-0.39, 0.29) is 6.04 Å². The van der Waals surface area contributed by atoms with Crippen LogP contribution in [-0.2, 0) is 0 Å². The minimum Gasteiger partial charge on any atom is -0.367 e. The Balaban J connectivity index is 2.14. The average molecular weight is 247 g/mol. The van der Waals surface area contributed by atoms with Crippen LogP contribution in [0.2, 0.25) is 0 Å². The van der Waals surface area contributed by atoms with Gasteiger partial charge in [-0.25, -0.2) is 0 Å². The standard InChI is InChI=1S/C15H25N3/c1-12-11-17(3)9-4-10-18(12)15-7-5-14(6-8-15)13(2)16/h5-8,12-13H,4,9-11,16H2,1-3H3/t12?,13-/m0/s1. The van der Waals surface area contributed by atoms with Crippen molar-refractivity contribution in [2.45, 2.75) is 32.4 Å². The summed E-state index contributed by atoms with van der Waals surface area (Å²) >= 11 is 0. The largest absolute Gasteiger partial charge is 0.367 e. The smallest absolute Gasteiger partial charge is 0.0388 e. The van der Waals surface area contributed by atoms with E-state index in [1.165, 1.54) is 24.2 Å². The first-order valence-electron chi connectivity index (χ1n) is 6.88. The van der Waals surface area contributed by atoms with E-state index in [0.29, 0.717) is 6.04 Å². The number of rotatable bonds is 2. The summed E-state index contributed by atoms with van der Waals surface area (Å²) < 4.78 is 0. The van der Waals surface area contributed by atoms with E-state index < -0.39 is 0 Å². The highest BCUT2D eigenvalue weighted by Crippen LogP contribution is 2.22. The van der Waals surface area contributed by atoms with Gasteiger partial charge in [0.1, 0.15) is 0 Å². The Bertz CT molecular complexity index is 372. The predicted octanol–water partition coefficient (Wildman–Crippen LogP) is 2.24. The summed E-state index contributed by atoms with van der Waals surface area (Å²) in [7, 11) is 2.21. The molecule has 1 heterocycles. The third-order valence-corrected chi connectivity index (χ3v) is 3.80. The Morgan fingerprint density at radius 3 is 2.50 bits per heavy atom. The summed E-state index contributed by atoms with van der Waals surface area (Å²) in [6, 6.07) is 9.41. The number of likely N-dealkylation sites (N-methyl/N-ethyl adjacent to an activating group) is 1. The molecule has 0 aliphatic carbocycles. The third kappa shape index (κ3) is 3.03. The Labute approximate surface area is 111 Å². The van der Waals surface area contributed by atoms with Crippen molar-refractivity contribution >= 4 is 5.69 Å². The predicted molar refractivity (Wildman–Crippen MR) is 78.0 cm³/mol. The van der Waals surface area contributed by atoms with Crippen molar-refractivity contribution in [3.05, 3.63) is 29.8 Å². The molecule has 0 saturated carbocycles. The average Bonchev–Trinajstić information content (AvgIpc) is 2.50. The molecule has 3 nitrogen and oxygen atoms in total. The Hall–Kier alpha value is -1.06. The molecule has 1 fully saturated rings. The van der Waals surface area contributed by atoms with Crippen LogP contribution in [0, 0.1) is 0 Å². The molecule has 100 valence electrons. The van der Waals surface area contributed by atoms with Gasteiger partial charge in [0.15, 0.2) is 0 Å². The first-order chi connectivity index (χ1) is 8.58. The van der Waals surface area contributed by atoms with Crippen molar-refractivity contribution < 1.29 is 0 Å². The van der Waals surface area contributed by atoms with Crippen molar-refractivity contribution in [3.63, 3.8) is 0 Å². The van der Waals surface area contributed by atoms with Crippen molar-refractivity contribution in [1.29, 1.82) is 0 Å². The topological polar surface area (TPSA) is 32.5 Å². The number of anilines is 1. The number of nitrogens with two attached hydrogens (primary N) is 1. The van der Waals surface area contributed by atoms with Crippen molar-refractivity contribution in [3.8, 4) is 0 Å². The van der Waals surface area contributed by atoms with E-state index in [4.69, 9.17) is 5.73 Å². The van der Waals surface area contributed by atoms with E-state index >= 15 is 0 Å². The lowest BCUT2D eigenvalue weighted by atomic mass is 10.1. The van der Waals surface area contributed by atoms with Gasteiger partial charge in [0.05, 0.1) is 0 Å². The zero-order valence-corrected chi connectivity index (χ0v) is 11.8. The zero-order chi connectivity index (χ0) is 13.1.